The van der Waals surface area contributed by atoms with Gasteiger partial charge in [-0.05, 0) is 49.9 Å². The molecule has 0 bridgehead atoms. The van der Waals surface area contributed by atoms with E-state index in [4.69, 9.17) is 9.47 Å². The van der Waals surface area contributed by atoms with Crippen molar-refractivity contribution in [3.63, 3.8) is 0 Å². The highest BCUT2D eigenvalue weighted by atomic mass is 32.2. The van der Waals surface area contributed by atoms with Gasteiger partial charge in [0.1, 0.15) is 5.75 Å². The van der Waals surface area contributed by atoms with Crippen LogP contribution in [0.4, 0.5) is 5.69 Å². The van der Waals surface area contributed by atoms with E-state index in [1.165, 1.54) is 27.8 Å². The summed E-state index contributed by atoms with van der Waals surface area (Å²) in [6.07, 6.45) is 0.441. The van der Waals surface area contributed by atoms with Crippen molar-refractivity contribution in [3.8, 4) is 5.75 Å². The van der Waals surface area contributed by atoms with Crippen LogP contribution in [0.5, 0.6) is 5.75 Å². The van der Waals surface area contributed by atoms with E-state index in [0.29, 0.717) is 42.5 Å². The van der Waals surface area contributed by atoms with Crippen LogP contribution < -0.4 is 15.4 Å². The molecule has 9 nitrogen and oxygen atoms in total. The van der Waals surface area contributed by atoms with Crippen molar-refractivity contribution in [2.24, 2.45) is 0 Å². The number of nitrogens with zero attached hydrogens (tertiary/aromatic N) is 1. The quantitative estimate of drug-likeness (QED) is 0.490. The molecule has 180 valence electrons. The van der Waals surface area contributed by atoms with Crippen LogP contribution in [0.1, 0.15) is 36.4 Å². The normalized spacial score (nSPS) is 14.8. The Bertz CT molecular complexity index is 1050. The van der Waals surface area contributed by atoms with E-state index in [2.05, 4.69) is 10.6 Å². The molecule has 0 aliphatic carbocycles. The fourth-order valence-corrected chi connectivity index (χ4v) is 5.29. The zero-order valence-electron chi connectivity index (χ0n) is 18.7. The van der Waals surface area contributed by atoms with E-state index in [0.717, 1.165) is 0 Å². The molecule has 1 saturated heterocycles. The molecule has 0 saturated carbocycles. The third kappa shape index (κ3) is 7.00. The maximum atomic E-state index is 13.0. The zero-order valence-corrected chi connectivity index (χ0v) is 20.3. The van der Waals surface area contributed by atoms with Crippen molar-refractivity contribution in [1.29, 1.82) is 0 Å². The smallest absolute Gasteiger partial charge is 0.261 e. The number of morpholine rings is 1. The topological polar surface area (TPSA) is 114 Å². The maximum Gasteiger partial charge on any atom is 0.261 e. The van der Waals surface area contributed by atoms with Gasteiger partial charge in [0.25, 0.3) is 5.91 Å². The molecule has 3 rings (SSSR count). The molecule has 11 heteroatoms. The van der Waals surface area contributed by atoms with Crippen LogP contribution in [0.3, 0.4) is 0 Å². The Labute approximate surface area is 198 Å². The lowest BCUT2D eigenvalue weighted by molar-refractivity contribution is -0.116. The van der Waals surface area contributed by atoms with Crippen LogP contribution in [-0.4, -0.2) is 63.5 Å². The van der Waals surface area contributed by atoms with Crippen LogP contribution in [0.25, 0.3) is 0 Å². The molecule has 1 aliphatic heterocycles. The van der Waals surface area contributed by atoms with Gasteiger partial charge >= 0.3 is 0 Å². The fraction of sp³-hybridized carbons (Fsp3) is 0.455. The Balaban J connectivity index is 1.64. The predicted molar refractivity (Wildman–Crippen MR) is 126 cm³/mol. The molecule has 2 heterocycles. The first-order valence-corrected chi connectivity index (χ1v) is 13.1. The summed E-state index contributed by atoms with van der Waals surface area (Å²) < 4.78 is 38.4. The number of sulfonamides is 1. The van der Waals surface area contributed by atoms with E-state index >= 15 is 0 Å². The van der Waals surface area contributed by atoms with Crippen LogP contribution in [0, 0.1) is 0 Å². The third-order valence-corrected chi connectivity index (χ3v) is 7.57. The lowest BCUT2D eigenvalue weighted by Gasteiger charge is -2.26. The van der Waals surface area contributed by atoms with E-state index in [-0.39, 0.29) is 42.3 Å². The fourth-order valence-electron chi connectivity index (χ4n) is 3.22. The second-order valence-electron chi connectivity index (χ2n) is 7.73. The first-order valence-electron chi connectivity index (χ1n) is 10.8. The Kier molecular flexibility index (Phi) is 8.84. The van der Waals surface area contributed by atoms with Crippen molar-refractivity contribution in [2.45, 2.75) is 37.7 Å². The van der Waals surface area contributed by atoms with Gasteiger partial charge in [-0.3, -0.25) is 9.59 Å². The summed E-state index contributed by atoms with van der Waals surface area (Å²) in [6.45, 7) is 5.31. The van der Waals surface area contributed by atoms with Crippen molar-refractivity contribution in [2.75, 3.05) is 38.2 Å². The SMILES string of the molecule is CC(C)Oc1ccc(S(=O)(=O)N2CCOCC2)cc1NC(=O)CCCNC(=O)c1cccs1. The molecule has 0 atom stereocenters. The summed E-state index contributed by atoms with van der Waals surface area (Å²) in [4.78, 5) is 25.2. The predicted octanol–water partition coefficient (Wildman–Crippen LogP) is 2.70. The van der Waals surface area contributed by atoms with Crippen LogP contribution >= 0.6 is 11.3 Å². The molecule has 0 spiro atoms. The summed E-state index contributed by atoms with van der Waals surface area (Å²) in [5, 5.41) is 7.37. The highest BCUT2D eigenvalue weighted by molar-refractivity contribution is 7.89. The Morgan fingerprint density at radius 2 is 1.97 bits per heavy atom. The van der Waals surface area contributed by atoms with Gasteiger partial charge in [-0.2, -0.15) is 4.31 Å². The molecule has 1 aromatic carbocycles. The van der Waals surface area contributed by atoms with E-state index < -0.39 is 10.0 Å². The number of amides is 2. The number of hydrogen-bond acceptors (Lipinski definition) is 7. The second-order valence-corrected chi connectivity index (χ2v) is 10.6. The average Bonchev–Trinajstić information content (AvgIpc) is 3.33. The van der Waals surface area contributed by atoms with Gasteiger partial charge in [0.2, 0.25) is 15.9 Å². The minimum absolute atomic E-state index is 0.0824. The molecule has 1 fully saturated rings. The van der Waals surface area contributed by atoms with E-state index in [1.807, 2.05) is 19.2 Å². The number of ether oxygens (including phenoxy) is 2. The van der Waals surface area contributed by atoms with Crippen LogP contribution in [0.15, 0.2) is 40.6 Å². The molecule has 1 aliphatic rings. The number of thiophene rings is 1. The first kappa shape index (κ1) is 25.2. The summed E-state index contributed by atoms with van der Waals surface area (Å²) in [7, 11) is -3.72. The zero-order chi connectivity index (χ0) is 23.8. The van der Waals surface area contributed by atoms with Gasteiger partial charge in [0.15, 0.2) is 0 Å². The maximum absolute atomic E-state index is 13.0. The average molecular weight is 496 g/mol. The molecule has 0 radical (unpaired) electrons. The number of carbonyl (C=O) groups is 2. The summed E-state index contributed by atoms with van der Waals surface area (Å²) in [5.41, 5.74) is 0.297. The van der Waals surface area contributed by atoms with Gasteiger partial charge in [0.05, 0.1) is 34.8 Å². The molecule has 1 aromatic heterocycles. The highest BCUT2D eigenvalue weighted by Gasteiger charge is 2.27. The molecule has 2 aromatic rings. The first-order chi connectivity index (χ1) is 15.8. The summed E-state index contributed by atoms with van der Waals surface area (Å²) >= 11 is 1.35. The summed E-state index contributed by atoms with van der Waals surface area (Å²) in [6, 6.07) is 8.01. The number of carbonyl (C=O) groups excluding carboxylic acids is 2. The third-order valence-electron chi connectivity index (χ3n) is 4.81. The molecule has 33 heavy (non-hydrogen) atoms. The molecular weight excluding hydrogens is 466 g/mol. The Morgan fingerprint density at radius 1 is 1.21 bits per heavy atom. The Hall–Kier alpha value is -2.47. The van der Waals surface area contributed by atoms with Gasteiger partial charge in [-0.15, -0.1) is 11.3 Å². The lowest BCUT2D eigenvalue weighted by atomic mass is 10.2. The van der Waals surface area contributed by atoms with Crippen molar-refractivity contribution >= 4 is 38.9 Å². The number of nitrogens with one attached hydrogen (secondary N) is 2. The van der Waals surface area contributed by atoms with Crippen LogP contribution in [0.2, 0.25) is 0 Å². The second kappa shape index (κ2) is 11.6. The standard InChI is InChI=1S/C22H29N3O6S2/c1-16(2)31-19-8-7-17(33(28,29)25-10-12-30-13-11-25)15-18(19)24-21(26)6-3-9-23-22(27)20-5-4-14-32-20/h4-5,7-8,14-16H,3,6,9-13H2,1-2H3,(H,23,27)(H,24,26). The number of rotatable bonds is 10. The molecule has 0 unspecified atom stereocenters. The van der Waals surface area contributed by atoms with E-state index in [1.54, 1.807) is 18.2 Å². The minimum atomic E-state index is -3.72. The van der Waals surface area contributed by atoms with Crippen molar-refractivity contribution in [3.05, 3.63) is 40.6 Å². The van der Waals surface area contributed by atoms with Gasteiger partial charge in [-0.1, -0.05) is 6.07 Å². The van der Waals surface area contributed by atoms with Crippen molar-refractivity contribution < 1.29 is 27.5 Å². The lowest BCUT2D eigenvalue weighted by Crippen LogP contribution is -2.40. The van der Waals surface area contributed by atoms with E-state index in [9.17, 15) is 18.0 Å². The van der Waals surface area contributed by atoms with Gasteiger partial charge < -0.3 is 20.1 Å². The van der Waals surface area contributed by atoms with Gasteiger partial charge in [0, 0.05) is 26.1 Å². The molecular formula is C22H29N3O6S2. The van der Waals surface area contributed by atoms with Crippen molar-refractivity contribution in [1.82, 2.24) is 9.62 Å². The number of anilines is 1. The minimum Gasteiger partial charge on any atom is -0.489 e. The summed E-state index contributed by atoms with van der Waals surface area (Å²) in [5.74, 6) is -0.0702. The largest absolute Gasteiger partial charge is 0.489 e. The number of hydrogen-bond donors (Lipinski definition) is 2. The molecule has 2 N–H and O–H groups in total. The monoisotopic (exact) mass is 495 g/mol. The molecule has 2 amide bonds. The van der Waals surface area contributed by atoms with Crippen LogP contribution in [-0.2, 0) is 19.6 Å². The Morgan fingerprint density at radius 3 is 2.64 bits per heavy atom. The number of benzene rings is 1. The highest BCUT2D eigenvalue weighted by Crippen LogP contribution is 2.30. The van der Waals surface area contributed by atoms with Gasteiger partial charge in [-0.25, -0.2) is 8.42 Å².